The van der Waals surface area contributed by atoms with Gasteiger partial charge in [0, 0.05) is 10.7 Å². The van der Waals surface area contributed by atoms with Crippen molar-refractivity contribution in [3.8, 4) is 5.75 Å². The zero-order valence-electron chi connectivity index (χ0n) is 12.9. The van der Waals surface area contributed by atoms with Crippen LogP contribution in [0.3, 0.4) is 0 Å². The summed E-state index contributed by atoms with van der Waals surface area (Å²) in [5.74, 6) is 0.548. The van der Waals surface area contributed by atoms with E-state index in [1.54, 1.807) is 29.7 Å². The Morgan fingerprint density at radius 3 is 2.83 bits per heavy atom. The van der Waals surface area contributed by atoms with E-state index in [-0.39, 0.29) is 5.91 Å². The van der Waals surface area contributed by atoms with Crippen molar-refractivity contribution < 1.29 is 9.53 Å². The van der Waals surface area contributed by atoms with Crippen LogP contribution in [0.4, 0.5) is 0 Å². The number of carbonyl (C=O) groups excluding carboxylic acids is 1. The van der Waals surface area contributed by atoms with E-state index < -0.39 is 0 Å². The number of benzene rings is 1. The molecule has 3 aromatic rings. The minimum Gasteiger partial charge on any atom is -0.492 e. The predicted octanol–water partition coefficient (Wildman–Crippen LogP) is 3.87. The van der Waals surface area contributed by atoms with Gasteiger partial charge in [0.15, 0.2) is 5.65 Å². The Kier molecular flexibility index (Phi) is 5.06. The molecule has 1 amide bonds. The first-order valence-electron chi connectivity index (χ1n) is 7.36. The number of hydrogen-bond donors (Lipinski definition) is 1. The fourth-order valence-corrected chi connectivity index (χ4v) is 2.84. The lowest BCUT2D eigenvalue weighted by molar-refractivity contribution is 0.0940. The van der Waals surface area contributed by atoms with Crippen LogP contribution in [0.1, 0.15) is 16.2 Å². The van der Waals surface area contributed by atoms with E-state index in [0.717, 1.165) is 10.2 Å². The molecule has 0 saturated heterocycles. The quantitative estimate of drug-likeness (QED) is 0.652. The summed E-state index contributed by atoms with van der Waals surface area (Å²) in [4.78, 5) is 16.8. The van der Waals surface area contributed by atoms with Gasteiger partial charge in [0.05, 0.1) is 17.3 Å². The molecule has 5 nitrogen and oxygen atoms in total. The first-order chi connectivity index (χ1) is 11.6. The first kappa shape index (κ1) is 16.8. The van der Waals surface area contributed by atoms with Gasteiger partial charge < -0.3 is 10.1 Å². The second kappa shape index (κ2) is 7.23. The molecule has 0 aliphatic carbocycles. The van der Waals surface area contributed by atoms with Gasteiger partial charge in [0.2, 0.25) is 0 Å². The van der Waals surface area contributed by atoms with Crippen molar-refractivity contribution in [2.75, 3.05) is 13.2 Å². The summed E-state index contributed by atoms with van der Waals surface area (Å²) in [5.41, 5.74) is 1.69. The van der Waals surface area contributed by atoms with Crippen molar-refractivity contribution in [2.24, 2.45) is 0 Å². The van der Waals surface area contributed by atoms with Gasteiger partial charge >= 0.3 is 0 Å². The second-order valence-corrected chi connectivity index (χ2v) is 6.48. The number of halogens is 2. The summed E-state index contributed by atoms with van der Waals surface area (Å²) in [6, 6.07) is 11.1. The van der Waals surface area contributed by atoms with E-state index >= 15 is 0 Å². The minimum atomic E-state index is -0.207. The summed E-state index contributed by atoms with van der Waals surface area (Å²) in [5, 5.41) is 3.35. The lowest BCUT2D eigenvalue weighted by Gasteiger charge is -2.08. The Balaban J connectivity index is 1.62. The Labute approximate surface area is 152 Å². The molecule has 0 saturated carbocycles. The highest BCUT2D eigenvalue weighted by atomic mass is 79.9. The average molecular weight is 409 g/mol. The zero-order chi connectivity index (χ0) is 17.1. The SMILES string of the molecule is Cc1nc2c(Cl)cccn2c1C(=O)NCCOc1ccc(Br)cc1. The van der Waals surface area contributed by atoms with E-state index in [2.05, 4.69) is 26.2 Å². The number of rotatable bonds is 5. The number of amides is 1. The van der Waals surface area contributed by atoms with Crippen LogP contribution in [0.15, 0.2) is 47.1 Å². The molecular formula is C17H15BrClN3O2. The molecule has 0 aliphatic heterocycles. The summed E-state index contributed by atoms with van der Waals surface area (Å²) in [6.45, 7) is 2.56. The number of imidazole rings is 1. The molecule has 1 aromatic carbocycles. The second-order valence-electron chi connectivity index (χ2n) is 5.15. The average Bonchev–Trinajstić information content (AvgIpc) is 2.91. The molecule has 3 rings (SSSR count). The minimum absolute atomic E-state index is 0.207. The van der Waals surface area contributed by atoms with Crippen molar-refractivity contribution in [1.29, 1.82) is 0 Å². The number of nitrogens with zero attached hydrogens (tertiary/aromatic N) is 2. The van der Waals surface area contributed by atoms with Crippen molar-refractivity contribution >= 4 is 39.1 Å². The summed E-state index contributed by atoms with van der Waals surface area (Å²) in [6.07, 6.45) is 1.77. The van der Waals surface area contributed by atoms with Gasteiger partial charge in [-0.1, -0.05) is 27.5 Å². The maximum Gasteiger partial charge on any atom is 0.270 e. The van der Waals surface area contributed by atoms with E-state index in [1.165, 1.54) is 0 Å². The molecule has 1 N–H and O–H groups in total. The smallest absolute Gasteiger partial charge is 0.270 e. The summed E-state index contributed by atoms with van der Waals surface area (Å²) < 4.78 is 8.27. The standard InChI is InChI=1S/C17H15BrClN3O2/c1-11-15(22-9-2-3-14(19)16(22)21-11)17(23)20-8-10-24-13-6-4-12(18)5-7-13/h2-7,9H,8,10H2,1H3,(H,20,23). The Morgan fingerprint density at radius 1 is 1.33 bits per heavy atom. The van der Waals surface area contributed by atoms with Gasteiger partial charge in [-0.15, -0.1) is 0 Å². The van der Waals surface area contributed by atoms with Crippen LogP contribution in [-0.2, 0) is 0 Å². The highest BCUT2D eigenvalue weighted by Crippen LogP contribution is 2.19. The van der Waals surface area contributed by atoms with Gasteiger partial charge in [-0.05, 0) is 43.3 Å². The lowest BCUT2D eigenvalue weighted by Crippen LogP contribution is -2.29. The number of pyridine rings is 1. The number of carbonyl (C=O) groups is 1. The normalized spacial score (nSPS) is 10.8. The Morgan fingerprint density at radius 2 is 2.08 bits per heavy atom. The number of aryl methyl sites for hydroxylation is 1. The van der Waals surface area contributed by atoms with E-state index in [1.807, 2.05) is 24.3 Å². The lowest BCUT2D eigenvalue weighted by atomic mass is 10.3. The number of nitrogens with one attached hydrogen (secondary N) is 1. The topological polar surface area (TPSA) is 55.6 Å². The maximum absolute atomic E-state index is 12.4. The van der Waals surface area contributed by atoms with Gasteiger partial charge in [0.25, 0.3) is 5.91 Å². The number of hydrogen-bond acceptors (Lipinski definition) is 3. The molecule has 7 heteroatoms. The fourth-order valence-electron chi connectivity index (χ4n) is 2.37. The highest BCUT2D eigenvalue weighted by molar-refractivity contribution is 9.10. The molecule has 0 aliphatic rings. The Bertz CT molecular complexity index is 877. The zero-order valence-corrected chi connectivity index (χ0v) is 15.3. The van der Waals surface area contributed by atoms with Crippen LogP contribution in [0, 0.1) is 6.92 Å². The number of fused-ring (bicyclic) bond motifs is 1. The molecule has 124 valence electrons. The van der Waals surface area contributed by atoms with Crippen LogP contribution < -0.4 is 10.1 Å². The number of ether oxygens (including phenoxy) is 1. The van der Waals surface area contributed by atoms with Crippen molar-refractivity contribution in [1.82, 2.24) is 14.7 Å². The van der Waals surface area contributed by atoms with E-state index in [9.17, 15) is 4.79 Å². The van der Waals surface area contributed by atoms with Gasteiger partial charge in [-0.2, -0.15) is 0 Å². The third-order valence-electron chi connectivity index (χ3n) is 3.46. The Hall–Kier alpha value is -2.05. The van der Waals surface area contributed by atoms with Crippen LogP contribution in [-0.4, -0.2) is 28.4 Å². The van der Waals surface area contributed by atoms with Crippen molar-refractivity contribution in [3.63, 3.8) is 0 Å². The summed E-state index contributed by atoms with van der Waals surface area (Å²) in [7, 11) is 0. The molecule has 0 atom stereocenters. The van der Waals surface area contributed by atoms with Crippen LogP contribution in [0.5, 0.6) is 5.75 Å². The molecule has 2 heterocycles. The molecular weight excluding hydrogens is 394 g/mol. The van der Waals surface area contributed by atoms with Gasteiger partial charge in [-0.25, -0.2) is 4.98 Å². The molecule has 0 bridgehead atoms. The van der Waals surface area contributed by atoms with Crippen molar-refractivity contribution in [3.05, 3.63) is 63.5 Å². The van der Waals surface area contributed by atoms with Gasteiger partial charge in [0.1, 0.15) is 18.1 Å². The molecule has 24 heavy (non-hydrogen) atoms. The third-order valence-corrected chi connectivity index (χ3v) is 4.29. The third kappa shape index (κ3) is 3.55. The largest absolute Gasteiger partial charge is 0.492 e. The maximum atomic E-state index is 12.4. The highest BCUT2D eigenvalue weighted by Gasteiger charge is 2.17. The summed E-state index contributed by atoms with van der Waals surface area (Å²) >= 11 is 9.48. The fraction of sp³-hybridized carbons (Fsp3) is 0.176. The molecule has 0 spiro atoms. The van der Waals surface area contributed by atoms with E-state index in [4.69, 9.17) is 16.3 Å². The van der Waals surface area contributed by atoms with E-state index in [0.29, 0.717) is 35.2 Å². The number of aromatic nitrogens is 2. The van der Waals surface area contributed by atoms with Gasteiger partial charge in [-0.3, -0.25) is 9.20 Å². The predicted molar refractivity (Wildman–Crippen MR) is 96.9 cm³/mol. The van der Waals surface area contributed by atoms with Crippen LogP contribution in [0.25, 0.3) is 5.65 Å². The van der Waals surface area contributed by atoms with Crippen LogP contribution in [0.2, 0.25) is 5.02 Å². The first-order valence-corrected chi connectivity index (χ1v) is 8.53. The molecule has 2 aromatic heterocycles. The monoisotopic (exact) mass is 407 g/mol. The van der Waals surface area contributed by atoms with Crippen molar-refractivity contribution in [2.45, 2.75) is 6.92 Å². The van der Waals surface area contributed by atoms with Crippen LogP contribution >= 0.6 is 27.5 Å². The molecule has 0 unspecified atom stereocenters. The molecule has 0 fully saturated rings. The molecule has 0 radical (unpaired) electrons.